The number of amides is 2. The van der Waals surface area contributed by atoms with Gasteiger partial charge in [0, 0.05) is 6.61 Å². The number of hydrogen-bond donors (Lipinski definition) is 1. The van der Waals surface area contributed by atoms with Crippen LogP contribution in [0.1, 0.15) is 33.1 Å². The van der Waals surface area contributed by atoms with Gasteiger partial charge in [-0.3, -0.25) is 9.59 Å². The lowest BCUT2D eigenvalue weighted by Crippen LogP contribution is -2.63. The van der Waals surface area contributed by atoms with Crippen LogP contribution in [-0.2, 0) is 14.3 Å². The van der Waals surface area contributed by atoms with Gasteiger partial charge in [-0.1, -0.05) is 20.3 Å². The molecule has 2 aliphatic heterocycles. The molecule has 2 aliphatic rings. The van der Waals surface area contributed by atoms with Crippen LogP contribution in [0.25, 0.3) is 0 Å². The van der Waals surface area contributed by atoms with Crippen molar-refractivity contribution in [3.63, 3.8) is 0 Å². The van der Waals surface area contributed by atoms with Crippen molar-refractivity contribution in [1.29, 1.82) is 0 Å². The maximum absolute atomic E-state index is 12.4. The van der Waals surface area contributed by atoms with Crippen LogP contribution in [0, 0.1) is 5.92 Å². The smallest absolute Gasteiger partial charge is 0.246 e. The molecule has 0 aromatic heterocycles. The molecule has 102 valence electrons. The van der Waals surface area contributed by atoms with Gasteiger partial charge in [-0.15, -0.1) is 0 Å². The third-order valence-corrected chi connectivity index (χ3v) is 3.97. The highest BCUT2D eigenvalue weighted by molar-refractivity contribution is 5.95. The standard InChI is InChI=1S/C13H22N2O3/c1-3-9(2)12-13(17)15(7-11(16)14-12)10-5-4-6-18-8-10/h9-10,12H,3-8H2,1-2H3,(H,14,16). The predicted octanol–water partition coefficient (Wildman–Crippen LogP) is 0.538. The minimum atomic E-state index is -0.363. The van der Waals surface area contributed by atoms with E-state index in [1.165, 1.54) is 0 Å². The highest BCUT2D eigenvalue weighted by Gasteiger charge is 2.39. The van der Waals surface area contributed by atoms with Crippen molar-refractivity contribution in [3.05, 3.63) is 0 Å². The van der Waals surface area contributed by atoms with E-state index in [9.17, 15) is 9.59 Å². The molecule has 3 atom stereocenters. The molecule has 1 N–H and O–H groups in total. The number of piperazine rings is 1. The quantitative estimate of drug-likeness (QED) is 0.799. The molecule has 2 amide bonds. The Hall–Kier alpha value is -1.10. The van der Waals surface area contributed by atoms with Crippen LogP contribution in [-0.4, -0.2) is 48.6 Å². The zero-order valence-corrected chi connectivity index (χ0v) is 11.1. The summed E-state index contributed by atoms with van der Waals surface area (Å²) in [6.07, 6.45) is 2.78. The third-order valence-electron chi connectivity index (χ3n) is 3.97. The van der Waals surface area contributed by atoms with E-state index >= 15 is 0 Å². The van der Waals surface area contributed by atoms with E-state index in [1.807, 2.05) is 13.8 Å². The summed E-state index contributed by atoms with van der Waals surface area (Å²) in [6.45, 7) is 5.54. The molecule has 3 unspecified atom stereocenters. The van der Waals surface area contributed by atoms with Crippen molar-refractivity contribution in [2.45, 2.75) is 45.2 Å². The van der Waals surface area contributed by atoms with Crippen LogP contribution < -0.4 is 5.32 Å². The number of rotatable bonds is 3. The monoisotopic (exact) mass is 254 g/mol. The second-order valence-corrected chi connectivity index (χ2v) is 5.27. The first-order chi connectivity index (χ1) is 8.63. The normalized spacial score (nSPS) is 31.1. The fourth-order valence-corrected chi connectivity index (χ4v) is 2.59. The molecule has 18 heavy (non-hydrogen) atoms. The van der Waals surface area contributed by atoms with E-state index in [-0.39, 0.29) is 36.4 Å². The van der Waals surface area contributed by atoms with Gasteiger partial charge in [0.1, 0.15) is 6.04 Å². The van der Waals surface area contributed by atoms with Crippen molar-refractivity contribution in [1.82, 2.24) is 10.2 Å². The molecule has 0 aromatic carbocycles. The Labute approximate surface area is 108 Å². The summed E-state index contributed by atoms with van der Waals surface area (Å²) >= 11 is 0. The highest BCUT2D eigenvalue weighted by atomic mass is 16.5. The summed E-state index contributed by atoms with van der Waals surface area (Å²) in [7, 11) is 0. The molecule has 0 radical (unpaired) electrons. The molecule has 2 heterocycles. The molecular weight excluding hydrogens is 232 g/mol. The number of nitrogens with zero attached hydrogens (tertiary/aromatic N) is 1. The van der Waals surface area contributed by atoms with E-state index in [0.29, 0.717) is 6.61 Å². The van der Waals surface area contributed by atoms with Gasteiger partial charge in [-0.25, -0.2) is 0 Å². The number of carbonyl (C=O) groups excluding carboxylic acids is 2. The second kappa shape index (κ2) is 5.69. The van der Waals surface area contributed by atoms with Crippen LogP contribution in [0.3, 0.4) is 0 Å². The van der Waals surface area contributed by atoms with Crippen molar-refractivity contribution in [2.24, 2.45) is 5.92 Å². The van der Waals surface area contributed by atoms with E-state index in [0.717, 1.165) is 25.9 Å². The molecule has 0 aliphatic carbocycles. The number of carbonyl (C=O) groups is 2. The zero-order chi connectivity index (χ0) is 13.1. The summed E-state index contributed by atoms with van der Waals surface area (Å²) in [4.78, 5) is 25.9. The molecular formula is C13H22N2O3. The van der Waals surface area contributed by atoms with Gasteiger partial charge < -0.3 is 15.0 Å². The van der Waals surface area contributed by atoms with Crippen LogP contribution in [0.2, 0.25) is 0 Å². The Morgan fingerprint density at radius 2 is 2.28 bits per heavy atom. The van der Waals surface area contributed by atoms with Gasteiger partial charge in [-0.2, -0.15) is 0 Å². The van der Waals surface area contributed by atoms with Gasteiger partial charge in [0.25, 0.3) is 0 Å². The molecule has 0 spiro atoms. The lowest BCUT2D eigenvalue weighted by Gasteiger charge is -2.40. The minimum absolute atomic E-state index is 0.0505. The Kier molecular flexibility index (Phi) is 4.22. The average molecular weight is 254 g/mol. The second-order valence-electron chi connectivity index (χ2n) is 5.27. The number of hydrogen-bond acceptors (Lipinski definition) is 3. The van der Waals surface area contributed by atoms with E-state index in [2.05, 4.69) is 5.32 Å². The minimum Gasteiger partial charge on any atom is -0.379 e. The van der Waals surface area contributed by atoms with Gasteiger partial charge in [-0.05, 0) is 18.8 Å². The van der Waals surface area contributed by atoms with Crippen LogP contribution in [0.5, 0.6) is 0 Å². The summed E-state index contributed by atoms with van der Waals surface area (Å²) in [5.74, 6) is 0.179. The molecule has 5 nitrogen and oxygen atoms in total. The summed E-state index contributed by atoms with van der Waals surface area (Å²) < 4.78 is 5.42. The van der Waals surface area contributed by atoms with Crippen molar-refractivity contribution < 1.29 is 14.3 Å². The fraction of sp³-hybridized carbons (Fsp3) is 0.846. The fourth-order valence-electron chi connectivity index (χ4n) is 2.59. The Bertz CT molecular complexity index is 326. The largest absolute Gasteiger partial charge is 0.379 e. The topological polar surface area (TPSA) is 58.6 Å². The maximum atomic E-state index is 12.4. The van der Waals surface area contributed by atoms with E-state index < -0.39 is 0 Å². The summed E-state index contributed by atoms with van der Waals surface area (Å²) in [5.41, 5.74) is 0. The summed E-state index contributed by atoms with van der Waals surface area (Å²) in [6, 6.07) is -0.290. The predicted molar refractivity (Wildman–Crippen MR) is 66.9 cm³/mol. The van der Waals surface area contributed by atoms with Gasteiger partial charge in [0.15, 0.2) is 0 Å². The van der Waals surface area contributed by atoms with Crippen molar-refractivity contribution >= 4 is 11.8 Å². The van der Waals surface area contributed by atoms with Gasteiger partial charge >= 0.3 is 0 Å². The average Bonchev–Trinajstić information content (AvgIpc) is 2.41. The van der Waals surface area contributed by atoms with Crippen LogP contribution in [0.15, 0.2) is 0 Å². The Morgan fingerprint density at radius 1 is 1.50 bits per heavy atom. The lowest BCUT2D eigenvalue weighted by molar-refractivity contribution is -0.150. The first-order valence-electron chi connectivity index (χ1n) is 6.81. The zero-order valence-electron chi connectivity index (χ0n) is 11.1. The third kappa shape index (κ3) is 2.66. The molecule has 5 heteroatoms. The number of ether oxygens (including phenoxy) is 1. The first-order valence-corrected chi connectivity index (χ1v) is 6.81. The van der Waals surface area contributed by atoms with Gasteiger partial charge in [0.2, 0.25) is 11.8 Å². The van der Waals surface area contributed by atoms with E-state index in [4.69, 9.17) is 4.74 Å². The molecule has 2 saturated heterocycles. The Morgan fingerprint density at radius 3 is 2.89 bits per heavy atom. The molecule has 2 rings (SSSR count). The summed E-state index contributed by atoms with van der Waals surface area (Å²) in [5, 5.41) is 2.81. The maximum Gasteiger partial charge on any atom is 0.246 e. The first kappa shape index (κ1) is 13.3. The molecule has 0 bridgehead atoms. The van der Waals surface area contributed by atoms with E-state index in [1.54, 1.807) is 4.90 Å². The lowest BCUT2D eigenvalue weighted by atomic mass is 9.94. The molecule has 2 fully saturated rings. The highest BCUT2D eigenvalue weighted by Crippen LogP contribution is 2.20. The Balaban J connectivity index is 2.09. The van der Waals surface area contributed by atoms with Crippen molar-refractivity contribution in [2.75, 3.05) is 19.8 Å². The van der Waals surface area contributed by atoms with Crippen molar-refractivity contribution in [3.8, 4) is 0 Å². The van der Waals surface area contributed by atoms with Gasteiger partial charge in [0.05, 0.1) is 19.2 Å². The number of nitrogens with one attached hydrogen (secondary N) is 1. The SMILES string of the molecule is CCC(C)C1NC(=O)CN(C2CCCOC2)C1=O. The van der Waals surface area contributed by atoms with Crippen LogP contribution >= 0.6 is 0 Å². The van der Waals surface area contributed by atoms with Crippen LogP contribution in [0.4, 0.5) is 0 Å². The molecule has 0 saturated carbocycles. The molecule has 0 aromatic rings.